The lowest BCUT2D eigenvalue weighted by atomic mass is 10.2. The highest BCUT2D eigenvalue weighted by atomic mass is 32.2. The summed E-state index contributed by atoms with van der Waals surface area (Å²) in [4.78, 5) is 19.6. The zero-order valence-electron chi connectivity index (χ0n) is 19.3. The van der Waals surface area contributed by atoms with E-state index in [9.17, 15) is 17.6 Å². The summed E-state index contributed by atoms with van der Waals surface area (Å²) in [6.07, 6.45) is 3.52. The van der Waals surface area contributed by atoms with Gasteiger partial charge < -0.3 is 9.88 Å². The number of H-pyrrole nitrogens is 1. The van der Waals surface area contributed by atoms with Crippen LogP contribution in [0, 0.1) is 12.7 Å². The Morgan fingerprint density at radius 1 is 1.23 bits per heavy atom. The first kappa shape index (κ1) is 23.2. The summed E-state index contributed by atoms with van der Waals surface area (Å²) in [5.74, 6) is -0.698. The maximum absolute atomic E-state index is 13.4. The third kappa shape index (κ3) is 4.44. The normalized spacial score (nSPS) is 16.7. The van der Waals surface area contributed by atoms with Gasteiger partial charge in [-0.25, -0.2) is 12.8 Å². The maximum Gasteiger partial charge on any atom is 0.268 e. The molecule has 4 aromatic rings. The first-order valence-corrected chi connectivity index (χ1v) is 12.7. The highest BCUT2D eigenvalue weighted by molar-refractivity contribution is 7.91. The SMILES string of the molecule is Cc1c(S(=O)(=O)c2ccc3[nH]ncc3c2)cc(C(=O)N[C@@H]2CCN(Cc3ccc(F)cn3)C2)n1C. The average molecular weight is 497 g/mol. The molecule has 5 rings (SSSR count). The summed E-state index contributed by atoms with van der Waals surface area (Å²) in [7, 11) is -2.15. The second-order valence-electron chi connectivity index (χ2n) is 8.82. The molecule has 1 amide bonds. The maximum atomic E-state index is 13.4. The fourth-order valence-corrected chi connectivity index (χ4v) is 6.03. The van der Waals surface area contributed by atoms with Crippen molar-refractivity contribution in [2.45, 2.75) is 35.7 Å². The van der Waals surface area contributed by atoms with Crippen molar-refractivity contribution in [2.75, 3.05) is 13.1 Å². The molecule has 1 aliphatic heterocycles. The van der Waals surface area contributed by atoms with Crippen molar-refractivity contribution in [3.05, 3.63) is 71.7 Å². The van der Waals surface area contributed by atoms with Gasteiger partial charge in [0.15, 0.2) is 0 Å². The number of benzene rings is 1. The van der Waals surface area contributed by atoms with Gasteiger partial charge in [0.25, 0.3) is 5.91 Å². The van der Waals surface area contributed by atoms with Gasteiger partial charge in [-0.15, -0.1) is 0 Å². The molecular weight excluding hydrogens is 471 g/mol. The van der Waals surface area contributed by atoms with Gasteiger partial charge in [-0.2, -0.15) is 5.10 Å². The second-order valence-corrected chi connectivity index (χ2v) is 10.7. The van der Waals surface area contributed by atoms with Gasteiger partial charge in [-0.3, -0.25) is 19.8 Å². The number of fused-ring (bicyclic) bond motifs is 1. The van der Waals surface area contributed by atoms with Gasteiger partial charge in [-0.1, -0.05) is 0 Å². The Hall–Kier alpha value is -3.57. The number of rotatable bonds is 6. The topological polar surface area (TPSA) is 113 Å². The molecule has 182 valence electrons. The third-order valence-corrected chi connectivity index (χ3v) is 8.38. The number of nitrogens with one attached hydrogen (secondary N) is 2. The van der Waals surface area contributed by atoms with Crippen LogP contribution in [-0.4, -0.2) is 58.1 Å². The molecule has 4 heterocycles. The molecule has 1 fully saturated rings. The number of pyridine rings is 1. The van der Waals surface area contributed by atoms with Gasteiger partial charge in [-0.05, 0) is 49.7 Å². The minimum atomic E-state index is -3.83. The van der Waals surface area contributed by atoms with Crippen molar-refractivity contribution in [1.29, 1.82) is 0 Å². The van der Waals surface area contributed by atoms with Gasteiger partial charge in [0.1, 0.15) is 11.5 Å². The summed E-state index contributed by atoms with van der Waals surface area (Å²) < 4.78 is 41.4. The van der Waals surface area contributed by atoms with Crippen molar-refractivity contribution >= 4 is 26.6 Å². The minimum absolute atomic E-state index is 0.0818. The van der Waals surface area contributed by atoms with Crippen LogP contribution in [0.3, 0.4) is 0 Å². The predicted octanol–water partition coefficient (Wildman–Crippen LogP) is 2.58. The number of amides is 1. The second kappa shape index (κ2) is 8.90. The van der Waals surface area contributed by atoms with E-state index in [2.05, 4.69) is 25.4 Å². The lowest BCUT2D eigenvalue weighted by molar-refractivity contribution is 0.0929. The summed E-state index contributed by atoms with van der Waals surface area (Å²) in [6.45, 7) is 3.66. The Balaban J connectivity index is 1.31. The lowest BCUT2D eigenvalue weighted by Crippen LogP contribution is -2.37. The molecule has 0 aliphatic carbocycles. The molecule has 9 nitrogen and oxygen atoms in total. The van der Waals surface area contributed by atoms with E-state index in [4.69, 9.17) is 0 Å². The van der Waals surface area contributed by atoms with Crippen LogP contribution in [0.5, 0.6) is 0 Å². The summed E-state index contributed by atoms with van der Waals surface area (Å²) in [6, 6.07) is 9.17. The number of likely N-dealkylation sites (tertiary alicyclic amines) is 1. The number of nitrogens with zero attached hydrogens (tertiary/aromatic N) is 4. The van der Waals surface area contributed by atoms with Crippen LogP contribution < -0.4 is 5.32 Å². The number of sulfone groups is 1. The predicted molar refractivity (Wildman–Crippen MR) is 127 cm³/mol. The Bertz CT molecular complexity index is 1510. The first-order chi connectivity index (χ1) is 16.7. The molecule has 11 heteroatoms. The molecule has 0 bridgehead atoms. The number of aromatic amines is 1. The number of hydrogen-bond acceptors (Lipinski definition) is 6. The highest BCUT2D eigenvalue weighted by Gasteiger charge is 2.29. The van der Waals surface area contributed by atoms with E-state index < -0.39 is 9.84 Å². The molecule has 0 unspecified atom stereocenters. The zero-order chi connectivity index (χ0) is 24.7. The Labute approximate surface area is 201 Å². The summed E-state index contributed by atoms with van der Waals surface area (Å²) in [5, 5.41) is 10.5. The number of carbonyl (C=O) groups is 1. The molecule has 1 aliphatic rings. The molecule has 1 atom stereocenters. The zero-order valence-corrected chi connectivity index (χ0v) is 20.1. The molecule has 0 saturated carbocycles. The molecule has 2 N–H and O–H groups in total. The van der Waals surface area contributed by atoms with E-state index >= 15 is 0 Å². The Morgan fingerprint density at radius 3 is 2.83 bits per heavy atom. The van der Waals surface area contributed by atoms with Crippen molar-refractivity contribution in [1.82, 2.24) is 30.0 Å². The smallest absolute Gasteiger partial charge is 0.268 e. The number of hydrogen-bond donors (Lipinski definition) is 2. The van der Waals surface area contributed by atoms with Crippen LogP contribution in [-0.2, 0) is 23.4 Å². The van der Waals surface area contributed by atoms with E-state index in [0.29, 0.717) is 24.2 Å². The van der Waals surface area contributed by atoms with Crippen LogP contribution in [0.2, 0.25) is 0 Å². The standard InChI is InChI=1S/C24H25FN6O3S/c1-15-23(35(33,34)20-5-6-21-16(9-20)11-27-29-21)10-22(30(15)2)24(32)28-19-7-8-31(14-19)13-18-4-3-17(25)12-26-18/h3-6,9-12,19H,7-8,13-14H2,1-2H3,(H,27,29)(H,28,32)/t19-/m1/s1. The van der Waals surface area contributed by atoms with E-state index in [1.165, 1.54) is 24.4 Å². The Morgan fingerprint density at radius 2 is 2.06 bits per heavy atom. The third-order valence-electron chi connectivity index (χ3n) is 6.51. The molecule has 1 saturated heterocycles. The van der Waals surface area contributed by atoms with Crippen molar-refractivity contribution in [3.8, 4) is 0 Å². The molecule has 0 spiro atoms. The van der Waals surface area contributed by atoms with Gasteiger partial charge >= 0.3 is 0 Å². The molecule has 0 radical (unpaired) electrons. The van der Waals surface area contributed by atoms with E-state index in [0.717, 1.165) is 24.2 Å². The fraction of sp³-hybridized carbons (Fsp3) is 0.292. The Kier molecular flexibility index (Phi) is 5.89. The number of carbonyl (C=O) groups excluding carboxylic acids is 1. The van der Waals surface area contributed by atoms with E-state index in [1.807, 2.05) is 0 Å². The van der Waals surface area contributed by atoms with Crippen LogP contribution in [0.4, 0.5) is 4.39 Å². The lowest BCUT2D eigenvalue weighted by Gasteiger charge is -2.16. The number of halogens is 1. The largest absolute Gasteiger partial charge is 0.347 e. The van der Waals surface area contributed by atoms with Gasteiger partial charge in [0.2, 0.25) is 9.84 Å². The van der Waals surface area contributed by atoms with Gasteiger partial charge in [0, 0.05) is 43.8 Å². The number of aromatic nitrogens is 4. The molecular formula is C24H25FN6O3S. The summed E-state index contributed by atoms with van der Waals surface area (Å²) in [5.41, 5.74) is 2.27. The van der Waals surface area contributed by atoms with Crippen LogP contribution >= 0.6 is 0 Å². The molecule has 35 heavy (non-hydrogen) atoms. The van der Waals surface area contributed by atoms with E-state index in [1.54, 1.807) is 42.9 Å². The van der Waals surface area contributed by atoms with Crippen molar-refractivity contribution < 1.29 is 17.6 Å². The summed E-state index contributed by atoms with van der Waals surface area (Å²) >= 11 is 0. The highest BCUT2D eigenvalue weighted by Crippen LogP contribution is 2.28. The van der Waals surface area contributed by atoms with Crippen LogP contribution in [0.15, 0.2) is 58.6 Å². The van der Waals surface area contributed by atoms with E-state index in [-0.39, 0.29) is 33.3 Å². The van der Waals surface area contributed by atoms with Crippen LogP contribution in [0.1, 0.15) is 28.3 Å². The van der Waals surface area contributed by atoms with Gasteiger partial charge in [0.05, 0.1) is 33.4 Å². The first-order valence-electron chi connectivity index (χ1n) is 11.2. The van der Waals surface area contributed by atoms with Crippen molar-refractivity contribution in [2.24, 2.45) is 7.05 Å². The molecule has 1 aromatic carbocycles. The monoisotopic (exact) mass is 496 g/mol. The quantitative estimate of drug-likeness (QED) is 0.424. The molecule has 3 aromatic heterocycles. The average Bonchev–Trinajstić information content (AvgIpc) is 3.55. The fourth-order valence-electron chi connectivity index (χ4n) is 4.46. The van der Waals surface area contributed by atoms with Crippen molar-refractivity contribution in [3.63, 3.8) is 0 Å². The van der Waals surface area contributed by atoms with Crippen LogP contribution in [0.25, 0.3) is 10.9 Å². The minimum Gasteiger partial charge on any atom is -0.347 e.